The van der Waals surface area contributed by atoms with E-state index in [2.05, 4.69) is 43.5 Å². The van der Waals surface area contributed by atoms with Crippen LogP contribution in [0.2, 0.25) is 0 Å². The minimum atomic E-state index is -5.16. The number of amides is 1. The van der Waals surface area contributed by atoms with Crippen LogP contribution in [-0.4, -0.2) is 108 Å². The highest BCUT2D eigenvalue weighted by Gasteiger charge is 2.51. The van der Waals surface area contributed by atoms with Gasteiger partial charge in [0, 0.05) is 0 Å². The molecule has 0 bridgehead atoms. The lowest BCUT2D eigenvalue weighted by atomic mass is 9.85. The fourth-order valence-corrected chi connectivity index (χ4v) is 9.89. The summed E-state index contributed by atoms with van der Waals surface area (Å²) >= 11 is 0. The van der Waals surface area contributed by atoms with Crippen LogP contribution in [0, 0.1) is 0 Å². The molecular formula is C55H104NO12P. The van der Waals surface area contributed by atoms with Crippen molar-refractivity contribution in [2.45, 2.75) is 300 Å². The number of aliphatic hydroxyl groups is 7. The third kappa shape index (κ3) is 35.3. The Balaban J connectivity index is 2.47. The summed E-state index contributed by atoms with van der Waals surface area (Å²) in [6.45, 7) is 3.76. The number of phosphoric ester groups is 1. The smallest absolute Gasteiger partial charge is 0.393 e. The quantitative estimate of drug-likeness (QED) is 0.0158. The molecule has 0 aliphatic heterocycles. The Labute approximate surface area is 419 Å². The first-order chi connectivity index (χ1) is 33.3. The van der Waals surface area contributed by atoms with Gasteiger partial charge in [0.05, 0.1) is 31.3 Å². The number of phosphoric acid groups is 1. The standard InChI is InChI=1S/C55H104NO12P/c1-3-5-7-9-11-13-15-17-19-21-23-25-27-29-31-33-35-37-39-41-43-48(58)47(45-67-69(65,66)68-55-53(63)51(61)50(60)52(62)54(55)64)56-49(59)44-46(57)42-40-38-36-34-32-30-28-26-24-22-20-18-16-14-12-10-8-6-4-2/h25,27,33,35,41,43,46-48,50-55,57-58,60-64H,3-24,26,28-32,34,36-40,42,44-45H2,1-2H3,(H,56,59)(H,65,66)/b27-25+,35-33+,43-41+. The van der Waals surface area contributed by atoms with Crippen LogP contribution < -0.4 is 5.32 Å². The predicted octanol–water partition coefficient (Wildman–Crippen LogP) is 11.3. The highest BCUT2D eigenvalue weighted by molar-refractivity contribution is 7.47. The summed E-state index contributed by atoms with van der Waals surface area (Å²) in [5, 5.41) is 74.8. The number of nitrogens with one attached hydrogen (secondary N) is 1. The van der Waals surface area contributed by atoms with E-state index in [1.54, 1.807) is 6.08 Å². The van der Waals surface area contributed by atoms with E-state index in [9.17, 15) is 50.0 Å². The SMILES string of the molecule is CCCCCCCCCCCC/C=C/CC/C=C/CC/C=C/C(O)C(COP(=O)(O)OC1C(O)C(O)C(O)C(O)C1O)NC(=O)CC(O)CCCCCCCCCCCCCCCCCCCCC. The monoisotopic (exact) mass is 1000 g/mol. The highest BCUT2D eigenvalue weighted by Crippen LogP contribution is 2.47. The molecule has 1 saturated carbocycles. The fourth-order valence-electron chi connectivity index (χ4n) is 8.92. The molecular weight excluding hydrogens is 898 g/mol. The van der Waals surface area contributed by atoms with Gasteiger partial charge in [-0.3, -0.25) is 13.8 Å². The van der Waals surface area contributed by atoms with E-state index < -0.39 is 75.2 Å². The van der Waals surface area contributed by atoms with Gasteiger partial charge in [0.2, 0.25) is 5.91 Å². The fraction of sp³-hybridized carbons (Fsp3) is 0.873. The summed E-state index contributed by atoms with van der Waals surface area (Å²) in [5.74, 6) is -0.603. The Bertz CT molecular complexity index is 1320. The number of allylic oxidation sites excluding steroid dienone is 5. The molecule has 14 heteroatoms. The molecule has 1 amide bonds. The van der Waals surface area contributed by atoms with Crippen molar-refractivity contribution in [3.8, 4) is 0 Å². The van der Waals surface area contributed by atoms with Crippen molar-refractivity contribution in [2.24, 2.45) is 0 Å². The Kier molecular flexibility index (Phi) is 41.8. The molecule has 8 unspecified atom stereocenters. The molecule has 406 valence electrons. The number of aliphatic hydroxyl groups excluding tert-OH is 7. The highest BCUT2D eigenvalue weighted by atomic mass is 31.2. The molecule has 9 N–H and O–H groups in total. The van der Waals surface area contributed by atoms with E-state index in [0.29, 0.717) is 19.3 Å². The zero-order valence-electron chi connectivity index (χ0n) is 43.5. The summed E-state index contributed by atoms with van der Waals surface area (Å²) < 4.78 is 23.0. The minimum absolute atomic E-state index is 0.253. The Morgan fingerprint density at radius 1 is 0.507 bits per heavy atom. The van der Waals surface area contributed by atoms with E-state index in [4.69, 9.17) is 9.05 Å². The van der Waals surface area contributed by atoms with Gasteiger partial charge in [-0.15, -0.1) is 0 Å². The minimum Gasteiger partial charge on any atom is -0.393 e. The molecule has 0 spiro atoms. The van der Waals surface area contributed by atoms with Crippen molar-refractivity contribution in [3.05, 3.63) is 36.5 Å². The predicted molar refractivity (Wildman–Crippen MR) is 280 cm³/mol. The maximum atomic E-state index is 13.1. The molecule has 0 radical (unpaired) electrons. The zero-order valence-corrected chi connectivity index (χ0v) is 44.4. The van der Waals surface area contributed by atoms with Gasteiger partial charge in [-0.1, -0.05) is 230 Å². The van der Waals surface area contributed by atoms with Gasteiger partial charge < -0.3 is 46.0 Å². The van der Waals surface area contributed by atoms with Crippen molar-refractivity contribution >= 4 is 13.7 Å². The summed E-state index contributed by atoms with van der Waals surface area (Å²) in [6, 6.07) is -1.26. The molecule has 8 atom stereocenters. The lowest BCUT2D eigenvalue weighted by molar-refractivity contribution is -0.220. The second-order valence-corrected chi connectivity index (χ2v) is 21.4. The molecule has 0 aromatic carbocycles. The van der Waals surface area contributed by atoms with Crippen molar-refractivity contribution in [1.29, 1.82) is 0 Å². The first kappa shape index (κ1) is 65.5. The molecule has 1 rings (SSSR count). The Morgan fingerprint density at radius 2 is 0.855 bits per heavy atom. The van der Waals surface area contributed by atoms with E-state index in [0.717, 1.165) is 44.9 Å². The molecule has 69 heavy (non-hydrogen) atoms. The maximum absolute atomic E-state index is 13.1. The van der Waals surface area contributed by atoms with Crippen LogP contribution in [0.4, 0.5) is 0 Å². The number of unbranched alkanes of at least 4 members (excludes halogenated alkanes) is 30. The van der Waals surface area contributed by atoms with Crippen LogP contribution in [-0.2, 0) is 18.4 Å². The molecule has 13 nitrogen and oxygen atoms in total. The molecule has 0 aromatic rings. The lowest BCUT2D eigenvalue weighted by Crippen LogP contribution is -2.64. The largest absolute Gasteiger partial charge is 0.472 e. The van der Waals surface area contributed by atoms with Crippen molar-refractivity contribution < 1.29 is 59.0 Å². The van der Waals surface area contributed by atoms with Gasteiger partial charge >= 0.3 is 7.82 Å². The van der Waals surface area contributed by atoms with Gasteiger partial charge in [-0.25, -0.2) is 4.57 Å². The first-order valence-corrected chi connectivity index (χ1v) is 29.5. The lowest BCUT2D eigenvalue weighted by Gasteiger charge is -2.41. The van der Waals surface area contributed by atoms with Gasteiger partial charge in [0.15, 0.2) is 0 Å². The number of rotatable bonds is 47. The average molecular weight is 1000 g/mol. The van der Waals surface area contributed by atoms with Crippen LogP contribution in [0.3, 0.4) is 0 Å². The van der Waals surface area contributed by atoms with Crippen molar-refractivity contribution in [1.82, 2.24) is 5.32 Å². The normalized spacial score (nSPS) is 22.2. The average Bonchev–Trinajstić information content (AvgIpc) is 3.32. The number of hydrogen-bond acceptors (Lipinski definition) is 11. The van der Waals surface area contributed by atoms with Crippen molar-refractivity contribution in [3.63, 3.8) is 0 Å². The van der Waals surface area contributed by atoms with Gasteiger partial charge in [0.25, 0.3) is 0 Å². The van der Waals surface area contributed by atoms with Crippen molar-refractivity contribution in [2.75, 3.05) is 6.61 Å². The molecule has 1 fully saturated rings. The molecule has 1 aliphatic rings. The van der Waals surface area contributed by atoms with Crippen LogP contribution in [0.5, 0.6) is 0 Å². The molecule has 1 aliphatic carbocycles. The van der Waals surface area contributed by atoms with Gasteiger partial charge in [-0.05, 0) is 44.9 Å². The summed E-state index contributed by atoms with van der Waals surface area (Å²) in [5.41, 5.74) is 0. The Morgan fingerprint density at radius 3 is 1.28 bits per heavy atom. The van der Waals surface area contributed by atoms with Crippen LogP contribution in [0.15, 0.2) is 36.5 Å². The first-order valence-electron chi connectivity index (χ1n) is 28.0. The van der Waals surface area contributed by atoms with E-state index in [1.807, 2.05) is 0 Å². The molecule has 0 saturated heterocycles. The zero-order chi connectivity index (χ0) is 50.8. The van der Waals surface area contributed by atoms with Crippen LogP contribution in [0.25, 0.3) is 0 Å². The topological polar surface area (TPSA) is 226 Å². The summed E-state index contributed by atoms with van der Waals surface area (Å²) in [4.78, 5) is 23.6. The van der Waals surface area contributed by atoms with Crippen LogP contribution >= 0.6 is 7.82 Å². The molecule has 0 heterocycles. The molecule has 0 aromatic heterocycles. The third-order valence-corrected chi connectivity index (χ3v) is 14.4. The second-order valence-electron chi connectivity index (χ2n) is 20.0. The van der Waals surface area contributed by atoms with E-state index in [-0.39, 0.29) is 6.42 Å². The van der Waals surface area contributed by atoms with E-state index in [1.165, 1.54) is 167 Å². The van der Waals surface area contributed by atoms with Crippen LogP contribution in [0.1, 0.15) is 245 Å². The van der Waals surface area contributed by atoms with E-state index >= 15 is 0 Å². The summed E-state index contributed by atoms with van der Waals surface area (Å²) in [7, 11) is -5.16. The van der Waals surface area contributed by atoms with Gasteiger partial charge in [-0.2, -0.15) is 0 Å². The number of carbonyl (C=O) groups is 1. The Hall–Kier alpha value is -1.48. The number of carbonyl (C=O) groups excluding carboxylic acids is 1. The van der Waals surface area contributed by atoms with Gasteiger partial charge in [0.1, 0.15) is 36.6 Å². The second kappa shape index (κ2) is 44.0. The number of hydrogen-bond donors (Lipinski definition) is 9. The summed E-state index contributed by atoms with van der Waals surface area (Å²) in [6.07, 6.45) is 39.4. The maximum Gasteiger partial charge on any atom is 0.472 e. The third-order valence-electron chi connectivity index (χ3n) is 13.5.